The molecule has 31 heavy (non-hydrogen) atoms. The molecular weight excluding hydrogens is 380 g/mol. The normalized spacial score (nSPS) is 11.3. The summed E-state index contributed by atoms with van der Waals surface area (Å²) in [5.41, 5.74) is 6.98. The van der Waals surface area contributed by atoms with E-state index in [1.807, 2.05) is 48.5 Å². The number of anilines is 1. The number of benzene rings is 3. The maximum absolute atomic E-state index is 10.7. The summed E-state index contributed by atoms with van der Waals surface area (Å²) in [6.07, 6.45) is 0.798. The quantitative estimate of drug-likeness (QED) is 0.328. The van der Waals surface area contributed by atoms with Gasteiger partial charge in [-0.2, -0.15) is 0 Å². The first-order valence-electron chi connectivity index (χ1n) is 11.4. The molecule has 3 aromatic rings. The van der Waals surface area contributed by atoms with Gasteiger partial charge in [0.05, 0.1) is 0 Å². The highest BCUT2D eigenvalue weighted by atomic mass is 16.3. The zero-order chi connectivity index (χ0) is 22.2. The second kappa shape index (κ2) is 11.0. The van der Waals surface area contributed by atoms with E-state index in [0.717, 1.165) is 42.7 Å². The van der Waals surface area contributed by atoms with Crippen LogP contribution in [0.2, 0.25) is 0 Å². The van der Waals surface area contributed by atoms with Crippen LogP contribution in [0.5, 0.6) is 5.75 Å². The first-order valence-corrected chi connectivity index (χ1v) is 11.4. The standard InChI is InChI=1S/C28H36N2O/c1-20(2)24-13-9-14-25(21(3)4)27(24)30-19-18-29-17-16-23-12-8-15-26(28(23)31)22-10-6-5-7-11-22/h5-15,20-21,29-31H,16-19H2,1-4H3. The van der Waals surface area contributed by atoms with Crippen LogP contribution in [0, 0.1) is 0 Å². The molecule has 3 N–H and O–H groups in total. The van der Waals surface area contributed by atoms with Crippen molar-refractivity contribution in [2.75, 3.05) is 25.0 Å². The van der Waals surface area contributed by atoms with E-state index in [-0.39, 0.29) is 0 Å². The van der Waals surface area contributed by atoms with Crippen LogP contribution >= 0.6 is 0 Å². The third kappa shape index (κ3) is 5.89. The highest BCUT2D eigenvalue weighted by molar-refractivity contribution is 5.71. The average Bonchev–Trinajstić information content (AvgIpc) is 2.77. The molecule has 0 aliphatic heterocycles. The molecule has 0 amide bonds. The van der Waals surface area contributed by atoms with Crippen LogP contribution in [0.3, 0.4) is 0 Å². The van der Waals surface area contributed by atoms with Crippen LogP contribution in [0.25, 0.3) is 11.1 Å². The largest absolute Gasteiger partial charge is 0.507 e. The summed E-state index contributed by atoms with van der Waals surface area (Å²) in [7, 11) is 0. The lowest BCUT2D eigenvalue weighted by atomic mass is 9.92. The van der Waals surface area contributed by atoms with Crippen molar-refractivity contribution in [3.05, 3.63) is 83.4 Å². The van der Waals surface area contributed by atoms with E-state index in [0.29, 0.717) is 17.6 Å². The van der Waals surface area contributed by atoms with Crippen molar-refractivity contribution < 1.29 is 5.11 Å². The summed E-state index contributed by atoms with van der Waals surface area (Å²) in [4.78, 5) is 0. The van der Waals surface area contributed by atoms with Crippen molar-refractivity contribution >= 4 is 5.69 Å². The fourth-order valence-corrected chi connectivity index (χ4v) is 4.02. The molecule has 0 unspecified atom stereocenters. The Hall–Kier alpha value is -2.78. The van der Waals surface area contributed by atoms with E-state index < -0.39 is 0 Å². The van der Waals surface area contributed by atoms with Gasteiger partial charge >= 0.3 is 0 Å². The highest BCUT2D eigenvalue weighted by Gasteiger charge is 2.13. The first-order chi connectivity index (χ1) is 15.0. The Labute approximate surface area is 187 Å². The maximum Gasteiger partial charge on any atom is 0.126 e. The number of rotatable bonds is 10. The molecule has 0 fully saturated rings. The van der Waals surface area contributed by atoms with E-state index in [1.165, 1.54) is 16.8 Å². The van der Waals surface area contributed by atoms with Crippen molar-refractivity contribution in [2.45, 2.75) is 46.0 Å². The second-order valence-corrected chi connectivity index (χ2v) is 8.73. The van der Waals surface area contributed by atoms with Gasteiger partial charge in [-0.05, 0) is 47.1 Å². The van der Waals surface area contributed by atoms with Gasteiger partial charge in [0.15, 0.2) is 0 Å². The van der Waals surface area contributed by atoms with Crippen LogP contribution in [-0.4, -0.2) is 24.7 Å². The topological polar surface area (TPSA) is 44.3 Å². The van der Waals surface area contributed by atoms with Crippen LogP contribution in [0.15, 0.2) is 66.7 Å². The lowest BCUT2D eigenvalue weighted by Gasteiger charge is -2.21. The summed E-state index contributed by atoms with van der Waals surface area (Å²) >= 11 is 0. The van der Waals surface area contributed by atoms with Gasteiger partial charge in [-0.25, -0.2) is 0 Å². The lowest BCUT2D eigenvalue weighted by molar-refractivity contribution is 0.469. The molecule has 0 aliphatic carbocycles. The molecule has 0 aromatic heterocycles. The molecule has 3 aromatic carbocycles. The Bertz CT molecular complexity index is 938. The molecule has 0 bridgehead atoms. The van der Waals surface area contributed by atoms with Crippen molar-refractivity contribution in [3.63, 3.8) is 0 Å². The molecule has 164 valence electrons. The minimum atomic E-state index is 0.390. The zero-order valence-electron chi connectivity index (χ0n) is 19.3. The number of aromatic hydroxyl groups is 1. The molecule has 3 heteroatoms. The van der Waals surface area contributed by atoms with E-state index >= 15 is 0 Å². The monoisotopic (exact) mass is 416 g/mol. The number of para-hydroxylation sites is 2. The first kappa shape index (κ1) is 22.9. The molecule has 0 atom stereocenters. The molecule has 3 rings (SSSR count). The molecule has 0 heterocycles. The number of phenolic OH excluding ortho intramolecular Hbond substituents is 1. The van der Waals surface area contributed by atoms with Gasteiger partial charge < -0.3 is 15.7 Å². The Morgan fingerprint density at radius 2 is 1.35 bits per heavy atom. The molecular formula is C28H36N2O. The molecule has 3 nitrogen and oxygen atoms in total. The average molecular weight is 417 g/mol. The predicted molar refractivity (Wildman–Crippen MR) is 133 cm³/mol. The van der Waals surface area contributed by atoms with Crippen LogP contribution in [0.4, 0.5) is 5.69 Å². The molecule has 0 radical (unpaired) electrons. The van der Waals surface area contributed by atoms with Gasteiger partial charge in [0.25, 0.3) is 0 Å². The SMILES string of the molecule is CC(C)c1cccc(C(C)C)c1NCCNCCc1cccc(-c2ccccc2)c1O. The maximum atomic E-state index is 10.7. The second-order valence-electron chi connectivity index (χ2n) is 8.73. The highest BCUT2D eigenvalue weighted by Crippen LogP contribution is 2.33. The third-order valence-electron chi connectivity index (χ3n) is 5.75. The minimum Gasteiger partial charge on any atom is -0.507 e. The minimum absolute atomic E-state index is 0.390. The van der Waals surface area contributed by atoms with Gasteiger partial charge in [0.1, 0.15) is 5.75 Å². The lowest BCUT2D eigenvalue weighted by Crippen LogP contribution is -2.25. The fraction of sp³-hybridized carbons (Fsp3) is 0.357. The van der Waals surface area contributed by atoms with E-state index in [4.69, 9.17) is 0 Å². The van der Waals surface area contributed by atoms with E-state index in [1.54, 1.807) is 0 Å². The molecule has 0 saturated carbocycles. The summed E-state index contributed by atoms with van der Waals surface area (Å²) in [5, 5.41) is 17.9. The fourth-order valence-electron chi connectivity index (χ4n) is 4.02. The van der Waals surface area contributed by atoms with Crippen molar-refractivity contribution in [2.24, 2.45) is 0 Å². The van der Waals surface area contributed by atoms with Crippen LogP contribution in [0.1, 0.15) is 56.2 Å². The summed E-state index contributed by atoms with van der Waals surface area (Å²) in [6.45, 7) is 11.6. The van der Waals surface area contributed by atoms with Crippen LogP contribution < -0.4 is 10.6 Å². The van der Waals surface area contributed by atoms with Gasteiger partial charge in [0.2, 0.25) is 0 Å². The predicted octanol–water partition coefficient (Wildman–Crippen LogP) is 6.55. The van der Waals surface area contributed by atoms with Gasteiger partial charge in [-0.15, -0.1) is 0 Å². The zero-order valence-corrected chi connectivity index (χ0v) is 19.3. The molecule has 0 saturated heterocycles. The smallest absolute Gasteiger partial charge is 0.126 e. The Morgan fingerprint density at radius 3 is 2.00 bits per heavy atom. The Kier molecular flexibility index (Phi) is 8.13. The van der Waals surface area contributed by atoms with E-state index in [2.05, 4.69) is 56.5 Å². The van der Waals surface area contributed by atoms with Crippen molar-refractivity contribution in [1.82, 2.24) is 5.32 Å². The van der Waals surface area contributed by atoms with Crippen molar-refractivity contribution in [3.8, 4) is 16.9 Å². The molecule has 0 aliphatic rings. The van der Waals surface area contributed by atoms with Gasteiger partial charge in [0, 0.05) is 24.3 Å². The number of hydrogen-bond donors (Lipinski definition) is 3. The number of nitrogens with one attached hydrogen (secondary N) is 2. The van der Waals surface area contributed by atoms with Crippen molar-refractivity contribution in [1.29, 1.82) is 0 Å². The summed E-state index contributed by atoms with van der Waals surface area (Å²) < 4.78 is 0. The number of phenols is 1. The van der Waals surface area contributed by atoms with E-state index in [9.17, 15) is 5.11 Å². The van der Waals surface area contributed by atoms with Gasteiger partial charge in [-0.3, -0.25) is 0 Å². The summed E-state index contributed by atoms with van der Waals surface area (Å²) in [6, 6.07) is 22.7. The summed E-state index contributed by atoms with van der Waals surface area (Å²) in [5.74, 6) is 1.38. The third-order valence-corrected chi connectivity index (χ3v) is 5.75. The Morgan fingerprint density at radius 1 is 0.710 bits per heavy atom. The number of hydrogen-bond acceptors (Lipinski definition) is 3. The Balaban J connectivity index is 1.53. The molecule has 0 spiro atoms. The van der Waals surface area contributed by atoms with Gasteiger partial charge in [-0.1, -0.05) is 94.4 Å². The van der Waals surface area contributed by atoms with Crippen LogP contribution in [-0.2, 0) is 6.42 Å².